The van der Waals surface area contributed by atoms with E-state index < -0.39 is 17.6 Å². The Hall–Kier alpha value is -2.81. The highest BCUT2D eigenvalue weighted by molar-refractivity contribution is 6.31. The summed E-state index contributed by atoms with van der Waals surface area (Å²) in [6.07, 6.45) is 6.59. The molecule has 0 spiro atoms. The predicted molar refractivity (Wildman–Crippen MR) is 115 cm³/mol. The van der Waals surface area contributed by atoms with Gasteiger partial charge in [-0.25, -0.2) is 9.78 Å². The highest BCUT2D eigenvalue weighted by atomic mass is 35.5. The molecule has 0 aliphatic carbocycles. The number of nitrogens with zero attached hydrogens (tertiary/aromatic N) is 3. The quantitative estimate of drug-likeness (QED) is 0.560. The Morgan fingerprint density at radius 3 is 2.63 bits per heavy atom. The number of ether oxygens (including phenoxy) is 2. The summed E-state index contributed by atoms with van der Waals surface area (Å²) in [7, 11) is 2.93. The largest absolute Gasteiger partial charge is 0.495 e. The van der Waals surface area contributed by atoms with Crippen molar-refractivity contribution in [2.75, 3.05) is 20.8 Å². The molecule has 160 valence electrons. The number of aliphatic carboxylic acids is 1. The molecule has 2 heterocycles. The first-order valence-corrected chi connectivity index (χ1v) is 9.14. The lowest BCUT2D eigenvalue weighted by Crippen LogP contribution is -2.30. The van der Waals surface area contributed by atoms with Crippen LogP contribution in [0.3, 0.4) is 0 Å². The van der Waals surface area contributed by atoms with Crippen molar-refractivity contribution in [2.45, 2.75) is 12.5 Å². The summed E-state index contributed by atoms with van der Waals surface area (Å²) in [6, 6.07) is 5.55. The third kappa shape index (κ3) is 4.84. The Morgan fingerprint density at radius 1 is 1.27 bits per heavy atom. The summed E-state index contributed by atoms with van der Waals surface area (Å²) in [5, 5.41) is 10.0. The Balaban J connectivity index is 0.00000320. The van der Waals surface area contributed by atoms with E-state index in [1.165, 1.54) is 26.5 Å². The molecule has 2 aromatic heterocycles. The number of carboxylic acid groups (broad SMARTS) is 1. The Labute approximate surface area is 184 Å². The molecular weight excluding hydrogens is 433 g/mol. The van der Waals surface area contributed by atoms with Gasteiger partial charge in [0.15, 0.2) is 0 Å². The monoisotopic (exact) mass is 453 g/mol. The highest BCUT2D eigenvalue weighted by Gasteiger charge is 2.23. The van der Waals surface area contributed by atoms with Gasteiger partial charge in [-0.1, -0.05) is 11.6 Å². The number of imidazole rings is 1. The second-order valence-corrected chi connectivity index (χ2v) is 6.70. The van der Waals surface area contributed by atoms with E-state index in [0.29, 0.717) is 21.9 Å². The van der Waals surface area contributed by atoms with Crippen LogP contribution >= 0.6 is 24.0 Å². The number of methoxy groups -OCH3 is 2. The summed E-state index contributed by atoms with van der Waals surface area (Å²) in [6.45, 7) is 0.201. The van der Waals surface area contributed by atoms with Crippen LogP contribution in [0, 0.1) is 0 Å². The van der Waals surface area contributed by atoms with Crippen molar-refractivity contribution in [3.05, 3.63) is 64.6 Å². The van der Waals surface area contributed by atoms with Crippen LogP contribution < -0.4 is 10.3 Å². The second-order valence-electron chi connectivity index (χ2n) is 6.27. The van der Waals surface area contributed by atoms with E-state index in [1.807, 2.05) is 6.07 Å². The van der Waals surface area contributed by atoms with Crippen molar-refractivity contribution >= 4 is 30.0 Å². The molecule has 0 aliphatic rings. The van der Waals surface area contributed by atoms with Gasteiger partial charge in [-0.2, -0.15) is 0 Å². The summed E-state index contributed by atoms with van der Waals surface area (Å²) in [4.78, 5) is 28.6. The van der Waals surface area contributed by atoms with E-state index >= 15 is 0 Å². The molecule has 0 bridgehead atoms. The molecular formula is C20H21Cl2N3O5. The zero-order valence-corrected chi connectivity index (χ0v) is 17.9. The molecule has 3 rings (SSSR count). The second kappa shape index (κ2) is 10.3. The van der Waals surface area contributed by atoms with Crippen LogP contribution in [0.15, 0.2) is 54.0 Å². The molecule has 0 aliphatic heterocycles. The van der Waals surface area contributed by atoms with Gasteiger partial charge in [0.2, 0.25) is 0 Å². The Bertz CT molecular complexity index is 1070. The van der Waals surface area contributed by atoms with Crippen molar-refractivity contribution in [1.82, 2.24) is 14.1 Å². The van der Waals surface area contributed by atoms with E-state index in [-0.39, 0.29) is 25.4 Å². The standard InChI is InChI=1S/C20H20ClN3O5.ClH/c1-28-8-5-17(20(26)27)24-11-18(29-2)15(10-19(24)25)14-9-13(21)3-4-16(14)23-7-6-22-12-23;/h3-4,6-7,9-12,17H,5,8H2,1-2H3,(H,26,27);1H. The third-order valence-electron chi connectivity index (χ3n) is 4.51. The Morgan fingerprint density at radius 2 is 2.03 bits per heavy atom. The van der Waals surface area contributed by atoms with Gasteiger partial charge in [-0.05, 0) is 18.2 Å². The van der Waals surface area contributed by atoms with E-state index in [4.69, 9.17) is 21.1 Å². The summed E-state index contributed by atoms with van der Waals surface area (Å²) >= 11 is 6.20. The van der Waals surface area contributed by atoms with Crippen molar-refractivity contribution in [3.63, 3.8) is 0 Å². The predicted octanol–water partition coefficient (Wildman–Crippen LogP) is 3.45. The number of hydrogen-bond donors (Lipinski definition) is 1. The fourth-order valence-corrected chi connectivity index (χ4v) is 3.28. The Kier molecular flexibility index (Phi) is 8.05. The molecule has 0 amide bonds. The molecule has 30 heavy (non-hydrogen) atoms. The lowest BCUT2D eigenvalue weighted by atomic mass is 10.0. The van der Waals surface area contributed by atoms with Gasteiger partial charge in [0, 0.05) is 54.7 Å². The molecule has 1 unspecified atom stereocenters. The lowest BCUT2D eigenvalue weighted by molar-refractivity contribution is -0.141. The SMILES string of the molecule is COCCC(C(=O)O)n1cc(OC)c(-c2cc(Cl)ccc2-n2ccnc2)cc1=O.Cl. The number of benzene rings is 1. The highest BCUT2D eigenvalue weighted by Crippen LogP contribution is 2.35. The maximum atomic E-state index is 12.8. The van der Waals surface area contributed by atoms with Crippen LogP contribution in [-0.2, 0) is 9.53 Å². The number of carbonyl (C=O) groups is 1. The van der Waals surface area contributed by atoms with Crippen LogP contribution in [0.2, 0.25) is 5.02 Å². The first-order chi connectivity index (χ1) is 14.0. The van der Waals surface area contributed by atoms with E-state index in [9.17, 15) is 14.7 Å². The van der Waals surface area contributed by atoms with Gasteiger partial charge in [0.25, 0.3) is 5.56 Å². The first-order valence-electron chi connectivity index (χ1n) is 8.76. The smallest absolute Gasteiger partial charge is 0.326 e. The fraction of sp³-hybridized carbons (Fsp3) is 0.250. The van der Waals surface area contributed by atoms with Gasteiger partial charge >= 0.3 is 5.97 Å². The molecule has 0 saturated heterocycles. The van der Waals surface area contributed by atoms with Gasteiger partial charge in [-0.15, -0.1) is 12.4 Å². The molecule has 0 fully saturated rings. The van der Waals surface area contributed by atoms with Gasteiger partial charge in [-0.3, -0.25) is 9.36 Å². The van der Waals surface area contributed by atoms with Gasteiger partial charge in [0.05, 0.1) is 25.3 Å². The number of rotatable bonds is 8. The van der Waals surface area contributed by atoms with Crippen LogP contribution in [0.5, 0.6) is 5.75 Å². The molecule has 1 atom stereocenters. The minimum Gasteiger partial charge on any atom is -0.495 e. The maximum Gasteiger partial charge on any atom is 0.326 e. The van der Waals surface area contributed by atoms with Crippen LogP contribution in [-0.4, -0.2) is 46.0 Å². The zero-order chi connectivity index (χ0) is 21.0. The summed E-state index contributed by atoms with van der Waals surface area (Å²) in [5.41, 5.74) is 1.42. The molecule has 0 radical (unpaired) electrons. The average molecular weight is 454 g/mol. The zero-order valence-electron chi connectivity index (χ0n) is 16.3. The number of hydrogen-bond acceptors (Lipinski definition) is 5. The third-order valence-corrected chi connectivity index (χ3v) is 4.75. The topological polar surface area (TPSA) is 95.6 Å². The first kappa shape index (κ1) is 23.5. The number of aromatic nitrogens is 3. The van der Waals surface area contributed by atoms with Crippen LogP contribution in [0.1, 0.15) is 12.5 Å². The maximum absolute atomic E-state index is 12.8. The number of halogens is 2. The molecule has 1 aromatic carbocycles. The van der Waals surface area contributed by atoms with Crippen LogP contribution in [0.4, 0.5) is 0 Å². The minimum absolute atomic E-state index is 0. The van der Waals surface area contributed by atoms with E-state index in [0.717, 1.165) is 10.3 Å². The molecule has 0 saturated carbocycles. The van der Waals surface area contributed by atoms with Gasteiger partial charge < -0.3 is 19.1 Å². The summed E-state index contributed by atoms with van der Waals surface area (Å²) in [5.74, 6) is -0.780. The molecule has 10 heteroatoms. The van der Waals surface area contributed by atoms with E-state index in [2.05, 4.69) is 4.98 Å². The van der Waals surface area contributed by atoms with E-state index in [1.54, 1.807) is 35.4 Å². The van der Waals surface area contributed by atoms with Crippen molar-refractivity contribution in [3.8, 4) is 22.6 Å². The number of pyridine rings is 1. The lowest BCUT2D eigenvalue weighted by Gasteiger charge is -2.19. The van der Waals surface area contributed by atoms with Crippen molar-refractivity contribution in [1.29, 1.82) is 0 Å². The van der Waals surface area contributed by atoms with Gasteiger partial charge in [0.1, 0.15) is 11.8 Å². The van der Waals surface area contributed by atoms with Crippen molar-refractivity contribution in [2.24, 2.45) is 0 Å². The normalized spacial score (nSPS) is 11.6. The molecule has 3 aromatic rings. The fourth-order valence-electron chi connectivity index (χ4n) is 3.11. The molecule has 8 nitrogen and oxygen atoms in total. The number of carboxylic acids is 1. The van der Waals surface area contributed by atoms with Crippen molar-refractivity contribution < 1.29 is 19.4 Å². The average Bonchev–Trinajstić information content (AvgIpc) is 3.23. The molecule has 1 N–H and O–H groups in total. The summed E-state index contributed by atoms with van der Waals surface area (Å²) < 4.78 is 13.4. The minimum atomic E-state index is -1.12. The van der Waals surface area contributed by atoms with Crippen LogP contribution in [0.25, 0.3) is 16.8 Å².